The van der Waals surface area contributed by atoms with Crippen molar-refractivity contribution in [3.63, 3.8) is 0 Å². The van der Waals surface area contributed by atoms with Crippen LogP contribution in [0.25, 0.3) is 0 Å². The summed E-state index contributed by atoms with van der Waals surface area (Å²) >= 11 is 0. The Morgan fingerprint density at radius 2 is 2.12 bits per heavy atom. The first-order valence-corrected chi connectivity index (χ1v) is 5.16. The van der Waals surface area contributed by atoms with Gasteiger partial charge in [0.15, 0.2) is 11.6 Å². The lowest BCUT2D eigenvalue weighted by atomic mass is 9.94. The summed E-state index contributed by atoms with van der Waals surface area (Å²) in [5.41, 5.74) is -0.151. The number of hydrogen-bond acceptors (Lipinski definition) is 3. The Balaban J connectivity index is 2.85. The number of rotatable bonds is 4. The van der Waals surface area contributed by atoms with Gasteiger partial charge in [-0.25, -0.2) is 8.78 Å². The molecule has 1 aromatic carbocycles. The maximum absolute atomic E-state index is 13.4. The second-order valence-electron chi connectivity index (χ2n) is 3.85. The largest absolute Gasteiger partial charge is 0.469 e. The van der Waals surface area contributed by atoms with Gasteiger partial charge in [0.25, 0.3) is 0 Å². The van der Waals surface area contributed by atoms with Crippen molar-refractivity contribution >= 4 is 5.97 Å². The Bertz CT molecular complexity index is 407. The van der Waals surface area contributed by atoms with Gasteiger partial charge in [0.1, 0.15) is 0 Å². The smallest absolute Gasteiger partial charge is 0.305 e. The van der Waals surface area contributed by atoms with Crippen LogP contribution in [0.3, 0.4) is 0 Å². The summed E-state index contributed by atoms with van der Waals surface area (Å²) in [4.78, 5) is 11.0. The predicted molar refractivity (Wildman–Crippen MR) is 57.1 cm³/mol. The molecule has 0 heterocycles. The second kappa shape index (κ2) is 5.72. The van der Waals surface area contributed by atoms with Crippen LogP contribution in [0.5, 0.6) is 0 Å². The third kappa shape index (κ3) is 3.23. The average Bonchev–Trinajstić information content (AvgIpc) is 2.31. The van der Waals surface area contributed by atoms with Crippen molar-refractivity contribution in [2.45, 2.75) is 19.4 Å². The van der Waals surface area contributed by atoms with Crippen LogP contribution in [0.2, 0.25) is 0 Å². The van der Waals surface area contributed by atoms with Gasteiger partial charge in [-0.2, -0.15) is 0 Å². The van der Waals surface area contributed by atoms with Crippen molar-refractivity contribution < 1.29 is 23.4 Å². The van der Waals surface area contributed by atoms with Gasteiger partial charge in [0.05, 0.1) is 19.6 Å². The highest BCUT2D eigenvalue weighted by Crippen LogP contribution is 2.27. The Morgan fingerprint density at radius 1 is 1.47 bits per heavy atom. The lowest BCUT2D eigenvalue weighted by Crippen LogP contribution is -2.16. The van der Waals surface area contributed by atoms with Crippen LogP contribution in [0.15, 0.2) is 18.2 Å². The summed E-state index contributed by atoms with van der Waals surface area (Å²) in [5.74, 6) is -3.17. The van der Waals surface area contributed by atoms with Gasteiger partial charge < -0.3 is 9.84 Å². The third-order valence-corrected chi connectivity index (χ3v) is 2.56. The van der Waals surface area contributed by atoms with Crippen molar-refractivity contribution in [1.82, 2.24) is 0 Å². The molecular formula is C12H14F2O3. The van der Waals surface area contributed by atoms with Crippen LogP contribution in [0.4, 0.5) is 8.78 Å². The highest BCUT2D eigenvalue weighted by Gasteiger charge is 2.23. The molecular weight excluding hydrogens is 230 g/mol. The van der Waals surface area contributed by atoms with Gasteiger partial charge in [0.2, 0.25) is 0 Å². The summed E-state index contributed by atoms with van der Waals surface area (Å²) in [6.45, 7) is 1.56. The van der Waals surface area contributed by atoms with Gasteiger partial charge in [-0.3, -0.25) is 4.79 Å². The molecule has 0 bridgehead atoms. The lowest BCUT2D eigenvalue weighted by Gasteiger charge is -2.18. The molecule has 2 atom stereocenters. The molecule has 0 spiro atoms. The van der Waals surface area contributed by atoms with Crippen molar-refractivity contribution in [1.29, 1.82) is 0 Å². The van der Waals surface area contributed by atoms with E-state index in [1.54, 1.807) is 6.92 Å². The van der Waals surface area contributed by atoms with E-state index in [0.29, 0.717) is 0 Å². The van der Waals surface area contributed by atoms with E-state index < -0.39 is 29.6 Å². The zero-order valence-corrected chi connectivity index (χ0v) is 9.61. The van der Waals surface area contributed by atoms with Crippen molar-refractivity contribution in [2.75, 3.05) is 7.11 Å². The van der Waals surface area contributed by atoms with Crippen LogP contribution >= 0.6 is 0 Å². The first-order valence-electron chi connectivity index (χ1n) is 5.16. The van der Waals surface area contributed by atoms with Gasteiger partial charge >= 0.3 is 5.97 Å². The maximum Gasteiger partial charge on any atom is 0.305 e. The number of aliphatic hydroxyl groups is 1. The topological polar surface area (TPSA) is 46.5 Å². The summed E-state index contributed by atoms with van der Waals surface area (Å²) in [5, 5.41) is 9.82. The highest BCUT2D eigenvalue weighted by atomic mass is 19.2. The quantitative estimate of drug-likeness (QED) is 0.826. The van der Waals surface area contributed by atoms with Crippen molar-refractivity contribution in [3.05, 3.63) is 35.4 Å². The molecule has 94 valence electrons. The third-order valence-electron chi connectivity index (χ3n) is 2.56. The highest BCUT2D eigenvalue weighted by molar-refractivity contribution is 5.69. The summed E-state index contributed by atoms with van der Waals surface area (Å²) in [7, 11) is 1.23. The average molecular weight is 244 g/mol. The Hall–Kier alpha value is -1.49. The standard InChI is InChI=1S/C12H14F2O3/c1-7(6-10(15)17-2)12(16)8-4-3-5-9(13)11(8)14/h3-5,7,12,16H,6H2,1-2H3. The molecule has 0 saturated carbocycles. The summed E-state index contributed by atoms with van der Waals surface area (Å²) in [6.07, 6.45) is -1.31. The molecule has 5 heteroatoms. The molecule has 0 aromatic heterocycles. The van der Waals surface area contributed by atoms with E-state index in [1.165, 1.54) is 19.2 Å². The molecule has 0 aliphatic heterocycles. The van der Waals surface area contributed by atoms with Gasteiger partial charge in [-0.15, -0.1) is 0 Å². The van der Waals surface area contributed by atoms with Crippen molar-refractivity contribution in [2.24, 2.45) is 5.92 Å². The Kier molecular flexibility index (Phi) is 4.57. The number of carbonyl (C=O) groups is 1. The van der Waals surface area contributed by atoms with E-state index in [-0.39, 0.29) is 12.0 Å². The minimum absolute atomic E-state index is 0.0619. The zero-order valence-electron chi connectivity index (χ0n) is 9.61. The molecule has 0 radical (unpaired) electrons. The van der Waals surface area contributed by atoms with Crippen LogP contribution in [-0.4, -0.2) is 18.2 Å². The van der Waals surface area contributed by atoms with E-state index in [4.69, 9.17) is 0 Å². The van der Waals surface area contributed by atoms with E-state index >= 15 is 0 Å². The van der Waals surface area contributed by atoms with Gasteiger partial charge in [-0.05, 0) is 12.0 Å². The minimum Gasteiger partial charge on any atom is -0.469 e. The summed E-state index contributed by atoms with van der Waals surface area (Å²) in [6, 6.07) is 3.56. The zero-order chi connectivity index (χ0) is 13.0. The number of aliphatic hydroxyl groups excluding tert-OH is 1. The lowest BCUT2D eigenvalue weighted by molar-refractivity contribution is -0.142. The molecule has 1 N–H and O–H groups in total. The van der Waals surface area contributed by atoms with Crippen LogP contribution in [-0.2, 0) is 9.53 Å². The molecule has 1 rings (SSSR count). The second-order valence-corrected chi connectivity index (χ2v) is 3.85. The first-order chi connectivity index (χ1) is 7.97. The maximum atomic E-state index is 13.4. The minimum atomic E-state index is -1.25. The molecule has 17 heavy (non-hydrogen) atoms. The summed E-state index contributed by atoms with van der Waals surface area (Å²) < 4.78 is 30.8. The molecule has 0 saturated heterocycles. The molecule has 0 fully saturated rings. The fraction of sp³-hybridized carbons (Fsp3) is 0.417. The van der Waals surface area contributed by atoms with Crippen molar-refractivity contribution in [3.8, 4) is 0 Å². The van der Waals surface area contributed by atoms with Gasteiger partial charge in [0, 0.05) is 5.56 Å². The molecule has 1 aromatic rings. The van der Waals surface area contributed by atoms with E-state index in [1.807, 2.05) is 0 Å². The van der Waals surface area contributed by atoms with Crippen LogP contribution in [0, 0.1) is 17.6 Å². The Morgan fingerprint density at radius 3 is 2.71 bits per heavy atom. The fourth-order valence-corrected chi connectivity index (χ4v) is 1.51. The number of esters is 1. The molecule has 3 nitrogen and oxygen atoms in total. The van der Waals surface area contributed by atoms with E-state index in [9.17, 15) is 18.7 Å². The molecule has 0 aliphatic carbocycles. The SMILES string of the molecule is COC(=O)CC(C)C(O)c1cccc(F)c1F. The Labute approximate surface area is 98.0 Å². The molecule has 2 unspecified atom stereocenters. The number of halogens is 2. The molecule has 0 aliphatic rings. The monoisotopic (exact) mass is 244 g/mol. The predicted octanol–water partition coefficient (Wildman–Crippen LogP) is 2.20. The van der Waals surface area contributed by atoms with Crippen LogP contribution in [0.1, 0.15) is 25.0 Å². The van der Waals surface area contributed by atoms with E-state index in [2.05, 4.69) is 4.74 Å². The normalized spacial score (nSPS) is 14.2. The first kappa shape index (κ1) is 13.6. The number of methoxy groups -OCH3 is 1. The number of carbonyl (C=O) groups excluding carboxylic acids is 1. The van der Waals surface area contributed by atoms with Crippen LogP contribution < -0.4 is 0 Å². The number of hydrogen-bond donors (Lipinski definition) is 1. The number of ether oxygens (including phenoxy) is 1. The molecule has 0 amide bonds. The number of benzene rings is 1. The fourth-order valence-electron chi connectivity index (χ4n) is 1.51. The van der Waals surface area contributed by atoms with Gasteiger partial charge in [-0.1, -0.05) is 19.1 Å². The van der Waals surface area contributed by atoms with E-state index in [0.717, 1.165) is 6.07 Å².